The van der Waals surface area contributed by atoms with Crippen molar-refractivity contribution in [3.8, 4) is 0 Å². The van der Waals surface area contributed by atoms with Crippen molar-refractivity contribution in [2.24, 2.45) is 17.8 Å². The topological polar surface area (TPSA) is 78.9 Å². The lowest BCUT2D eigenvalue weighted by Gasteiger charge is -2.18. The van der Waals surface area contributed by atoms with E-state index in [1.807, 2.05) is 0 Å². The van der Waals surface area contributed by atoms with E-state index >= 15 is 0 Å². The van der Waals surface area contributed by atoms with Gasteiger partial charge in [-0.15, -0.1) is 0 Å². The van der Waals surface area contributed by atoms with E-state index in [2.05, 4.69) is 41.5 Å². The number of ether oxygens (including phenoxy) is 3. The summed E-state index contributed by atoms with van der Waals surface area (Å²) in [5.74, 6) is 1.55. The minimum atomic E-state index is -0.762. The SMILES string of the molecule is CC(C)CCCCCCCCCCCCCCCCCC(=O)O[C@H](COC(=O)CCCCCCCCCCC(C)C)COC(=O)CCCCCCCCC(C)C. The molecule has 0 N–H and O–H groups in total. The fourth-order valence-corrected chi connectivity index (χ4v) is 7.41. The van der Waals surface area contributed by atoms with Crippen LogP contribution in [0.4, 0.5) is 0 Å². The molecule has 0 saturated carbocycles. The van der Waals surface area contributed by atoms with Gasteiger partial charge in [0.15, 0.2) is 6.10 Å². The van der Waals surface area contributed by atoms with Crippen LogP contribution >= 0.6 is 0 Å². The minimum absolute atomic E-state index is 0.0664. The highest BCUT2D eigenvalue weighted by Crippen LogP contribution is 2.17. The molecule has 0 rings (SSSR count). The zero-order chi connectivity index (χ0) is 41.3. The molecule has 0 aromatic heterocycles. The number of carbonyl (C=O) groups excluding carboxylic acids is 3. The Bertz CT molecular complexity index is 868. The molecule has 0 saturated heterocycles. The lowest BCUT2D eigenvalue weighted by Crippen LogP contribution is -2.30. The molecule has 332 valence electrons. The highest BCUT2D eigenvalue weighted by atomic mass is 16.6. The first-order valence-corrected chi connectivity index (χ1v) is 24.6. The first kappa shape index (κ1) is 54.4. The van der Waals surface area contributed by atoms with Crippen LogP contribution in [0, 0.1) is 17.8 Å². The van der Waals surface area contributed by atoms with Crippen LogP contribution in [0.1, 0.15) is 266 Å². The van der Waals surface area contributed by atoms with Crippen LogP contribution < -0.4 is 0 Å². The predicted molar refractivity (Wildman–Crippen MR) is 238 cm³/mol. The molecular formula is C50H96O6. The first-order valence-electron chi connectivity index (χ1n) is 24.6. The molecule has 6 heteroatoms. The summed E-state index contributed by atoms with van der Waals surface area (Å²) in [6, 6.07) is 0. The van der Waals surface area contributed by atoms with Crippen molar-refractivity contribution in [2.45, 2.75) is 272 Å². The summed E-state index contributed by atoms with van der Waals surface area (Å²) in [5.41, 5.74) is 0. The van der Waals surface area contributed by atoms with Crippen molar-refractivity contribution >= 4 is 17.9 Å². The van der Waals surface area contributed by atoms with Gasteiger partial charge in [0.25, 0.3) is 0 Å². The van der Waals surface area contributed by atoms with Gasteiger partial charge < -0.3 is 14.2 Å². The zero-order valence-electron chi connectivity index (χ0n) is 38.4. The Balaban J connectivity index is 4.26. The summed E-state index contributed by atoms with van der Waals surface area (Å²) in [5, 5.41) is 0. The lowest BCUT2D eigenvalue weighted by molar-refractivity contribution is -0.167. The van der Waals surface area contributed by atoms with Crippen LogP contribution in [-0.2, 0) is 28.6 Å². The number of esters is 3. The molecule has 0 spiro atoms. The van der Waals surface area contributed by atoms with E-state index in [0.29, 0.717) is 19.3 Å². The Morgan fingerprint density at radius 2 is 0.518 bits per heavy atom. The Kier molecular flexibility index (Phi) is 40.4. The molecule has 56 heavy (non-hydrogen) atoms. The lowest BCUT2D eigenvalue weighted by atomic mass is 10.0. The molecule has 0 amide bonds. The van der Waals surface area contributed by atoms with Gasteiger partial charge in [0.1, 0.15) is 13.2 Å². The maximum Gasteiger partial charge on any atom is 0.306 e. The van der Waals surface area contributed by atoms with Gasteiger partial charge in [-0.1, -0.05) is 228 Å². The van der Waals surface area contributed by atoms with Gasteiger partial charge in [-0.25, -0.2) is 0 Å². The van der Waals surface area contributed by atoms with Gasteiger partial charge >= 0.3 is 17.9 Å². The number of unbranched alkanes of at least 4 members (excludes halogenated alkanes) is 26. The number of hydrogen-bond acceptors (Lipinski definition) is 6. The normalized spacial score (nSPS) is 12.2. The second-order valence-corrected chi connectivity index (χ2v) is 18.5. The Labute approximate surface area is 348 Å². The van der Waals surface area contributed by atoms with Crippen molar-refractivity contribution in [1.82, 2.24) is 0 Å². The van der Waals surface area contributed by atoms with E-state index < -0.39 is 6.10 Å². The molecule has 0 aliphatic carbocycles. The van der Waals surface area contributed by atoms with Gasteiger partial charge in [0.2, 0.25) is 0 Å². The third-order valence-electron chi connectivity index (χ3n) is 11.1. The Hall–Kier alpha value is -1.59. The molecule has 1 atom stereocenters. The number of rotatable bonds is 43. The molecule has 0 aliphatic rings. The minimum Gasteiger partial charge on any atom is -0.462 e. The van der Waals surface area contributed by atoms with E-state index in [4.69, 9.17) is 14.2 Å². The van der Waals surface area contributed by atoms with Gasteiger partial charge in [-0.2, -0.15) is 0 Å². The van der Waals surface area contributed by atoms with Crippen LogP contribution in [-0.4, -0.2) is 37.2 Å². The molecule has 0 aromatic carbocycles. The highest BCUT2D eigenvalue weighted by molar-refractivity contribution is 5.71. The Morgan fingerprint density at radius 3 is 0.768 bits per heavy atom. The van der Waals surface area contributed by atoms with Gasteiger partial charge in [-0.3, -0.25) is 14.4 Å². The number of carbonyl (C=O) groups is 3. The van der Waals surface area contributed by atoms with Crippen LogP contribution in [0.3, 0.4) is 0 Å². The molecule has 0 fully saturated rings. The van der Waals surface area contributed by atoms with Crippen molar-refractivity contribution in [3.63, 3.8) is 0 Å². The summed E-state index contributed by atoms with van der Waals surface area (Å²) >= 11 is 0. The van der Waals surface area contributed by atoms with Crippen LogP contribution in [0.25, 0.3) is 0 Å². The quantitative estimate of drug-likeness (QED) is 0.0348. The van der Waals surface area contributed by atoms with E-state index in [1.54, 1.807) is 0 Å². The zero-order valence-corrected chi connectivity index (χ0v) is 38.4. The monoisotopic (exact) mass is 793 g/mol. The van der Waals surface area contributed by atoms with E-state index in [1.165, 1.54) is 148 Å². The summed E-state index contributed by atoms with van der Waals surface area (Å²) in [4.78, 5) is 37.8. The van der Waals surface area contributed by atoms with Gasteiger partial charge in [0, 0.05) is 19.3 Å². The average molecular weight is 793 g/mol. The maximum atomic E-state index is 12.8. The summed E-state index contributed by atoms with van der Waals surface area (Å²) < 4.78 is 16.7. The van der Waals surface area contributed by atoms with Crippen LogP contribution in [0.5, 0.6) is 0 Å². The van der Waals surface area contributed by atoms with E-state index in [0.717, 1.165) is 75.5 Å². The molecule has 0 aromatic rings. The molecular weight excluding hydrogens is 697 g/mol. The average Bonchev–Trinajstić information content (AvgIpc) is 3.15. The molecule has 0 radical (unpaired) electrons. The maximum absolute atomic E-state index is 12.8. The molecule has 6 nitrogen and oxygen atoms in total. The molecule has 0 heterocycles. The van der Waals surface area contributed by atoms with Crippen molar-refractivity contribution in [3.05, 3.63) is 0 Å². The van der Waals surface area contributed by atoms with Crippen molar-refractivity contribution in [2.75, 3.05) is 13.2 Å². The standard InChI is InChI=1S/C50H96O6/c1-44(2)36-30-24-18-14-12-10-8-7-9-11-13-15-21-29-35-41-50(53)56-47(43-55-49(52)40-34-28-23-22-26-32-38-46(5)6)42-54-48(51)39-33-27-20-17-16-19-25-31-37-45(3)4/h44-47H,7-43H2,1-6H3/t47-/m1/s1. The van der Waals surface area contributed by atoms with Gasteiger partial charge in [0.05, 0.1) is 0 Å². The first-order chi connectivity index (χ1) is 27.1. The van der Waals surface area contributed by atoms with Gasteiger partial charge in [-0.05, 0) is 37.0 Å². The summed E-state index contributed by atoms with van der Waals surface area (Å²) in [6.07, 6.45) is 39.7. The summed E-state index contributed by atoms with van der Waals surface area (Å²) in [7, 11) is 0. The smallest absolute Gasteiger partial charge is 0.306 e. The second kappa shape index (κ2) is 41.6. The van der Waals surface area contributed by atoms with Crippen LogP contribution in [0.2, 0.25) is 0 Å². The van der Waals surface area contributed by atoms with Crippen molar-refractivity contribution in [1.29, 1.82) is 0 Å². The molecule has 0 bridgehead atoms. The summed E-state index contributed by atoms with van der Waals surface area (Å²) in [6.45, 7) is 13.6. The molecule has 0 aliphatic heterocycles. The third kappa shape index (κ3) is 43.5. The predicted octanol–water partition coefficient (Wildman–Crippen LogP) is 15.6. The third-order valence-corrected chi connectivity index (χ3v) is 11.1. The second-order valence-electron chi connectivity index (χ2n) is 18.5. The highest BCUT2D eigenvalue weighted by Gasteiger charge is 2.19. The van der Waals surface area contributed by atoms with Crippen LogP contribution in [0.15, 0.2) is 0 Å². The largest absolute Gasteiger partial charge is 0.462 e. The van der Waals surface area contributed by atoms with Crippen molar-refractivity contribution < 1.29 is 28.6 Å². The number of hydrogen-bond donors (Lipinski definition) is 0. The van der Waals surface area contributed by atoms with E-state index in [9.17, 15) is 14.4 Å². The fraction of sp³-hybridized carbons (Fsp3) is 0.940. The Morgan fingerprint density at radius 1 is 0.304 bits per heavy atom. The fourth-order valence-electron chi connectivity index (χ4n) is 7.41. The van der Waals surface area contributed by atoms with E-state index in [-0.39, 0.29) is 31.1 Å². The molecule has 0 unspecified atom stereocenters.